The van der Waals surface area contributed by atoms with Crippen molar-refractivity contribution in [1.82, 2.24) is 4.90 Å². The van der Waals surface area contributed by atoms with Crippen LogP contribution in [0, 0.1) is 11.6 Å². The summed E-state index contributed by atoms with van der Waals surface area (Å²) in [5.74, 6) is -1.76. The molecule has 0 unspecified atom stereocenters. The monoisotopic (exact) mass is 199 g/mol. The minimum absolute atomic E-state index is 0.00287. The van der Waals surface area contributed by atoms with Gasteiger partial charge in [-0.25, -0.2) is 4.39 Å². The molecule has 0 radical (unpaired) electrons. The molecule has 1 aliphatic heterocycles. The number of likely N-dealkylation sites (tertiary alicyclic amines) is 1. The summed E-state index contributed by atoms with van der Waals surface area (Å²) < 4.78 is 31.1. The van der Waals surface area contributed by atoms with Crippen molar-refractivity contribution in [2.45, 2.75) is 6.10 Å². The van der Waals surface area contributed by atoms with Crippen molar-refractivity contribution in [2.75, 3.05) is 20.1 Å². The summed E-state index contributed by atoms with van der Waals surface area (Å²) in [6.45, 7) is 1.52. The maximum atomic E-state index is 13.1. The topological polar surface area (TPSA) is 12.5 Å². The van der Waals surface area contributed by atoms with Crippen molar-refractivity contribution >= 4 is 0 Å². The zero-order chi connectivity index (χ0) is 10.1. The van der Waals surface area contributed by atoms with Crippen LogP contribution in [0.25, 0.3) is 0 Å². The van der Waals surface area contributed by atoms with Crippen molar-refractivity contribution in [1.29, 1.82) is 0 Å². The predicted molar refractivity (Wildman–Crippen MR) is 48.3 cm³/mol. The second kappa shape index (κ2) is 3.53. The molecule has 0 spiro atoms. The summed E-state index contributed by atoms with van der Waals surface area (Å²) in [6, 6.07) is 3.96. The van der Waals surface area contributed by atoms with E-state index in [0.717, 1.165) is 19.2 Å². The van der Waals surface area contributed by atoms with E-state index >= 15 is 0 Å². The molecule has 1 heterocycles. The minimum Gasteiger partial charge on any atom is -0.485 e. The van der Waals surface area contributed by atoms with Gasteiger partial charge in [-0.1, -0.05) is 6.07 Å². The molecular weight excluding hydrogens is 188 g/mol. The number of halogens is 2. The number of benzene rings is 1. The normalized spacial score (nSPS) is 17.9. The van der Waals surface area contributed by atoms with Crippen LogP contribution in [0.5, 0.6) is 5.75 Å². The molecule has 0 N–H and O–H groups in total. The standard InChI is InChI=1S/C10H11F2NO/c1-13-5-7(6-13)14-9-4-2-3-8(11)10(9)12/h2-4,7H,5-6H2,1H3. The number of rotatable bonds is 2. The summed E-state index contributed by atoms with van der Waals surface area (Å²) >= 11 is 0. The largest absolute Gasteiger partial charge is 0.485 e. The molecule has 0 bridgehead atoms. The molecule has 0 saturated carbocycles. The SMILES string of the molecule is CN1CC(Oc2cccc(F)c2F)C1. The highest BCUT2D eigenvalue weighted by atomic mass is 19.2. The molecule has 1 fully saturated rings. The third-order valence-electron chi connectivity index (χ3n) is 2.24. The van der Waals surface area contributed by atoms with E-state index in [2.05, 4.69) is 0 Å². The Labute approximate surface area is 81.1 Å². The smallest absolute Gasteiger partial charge is 0.200 e. The summed E-state index contributed by atoms with van der Waals surface area (Å²) in [5.41, 5.74) is 0. The number of likely N-dealkylation sites (N-methyl/N-ethyl adjacent to an activating group) is 1. The number of hydrogen-bond donors (Lipinski definition) is 0. The van der Waals surface area contributed by atoms with Crippen LogP contribution in [-0.4, -0.2) is 31.1 Å². The van der Waals surface area contributed by atoms with Gasteiger partial charge in [0.05, 0.1) is 0 Å². The Morgan fingerprint density at radius 1 is 1.36 bits per heavy atom. The van der Waals surface area contributed by atoms with Crippen LogP contribution < -0.4 is 4.74 Å². The first-order chi connectivity index (χ1) is 6.66. The molecule has 1 aliphatic rings. The Bertz CT molecular complexity index is 337. The van der Waals surface area contributed by atoms with Crippen molar-refractivity contribution in [2.24, 2.45) is 0 Å². The number of ether oxygens (including phenoxy) is 1. The molecule has 2 nitrogen and oxygen atoms in total. The molecule has 4 heteroatoms. The third-order valence-corrected chi connectivity index (χ3v) is 2.24. The Morgan fingerprint density at radius 2 is 2.07 bits per heavy atom. The second-order valence-electron chi connectivity index (χ2n) is 3.51. The predicted octanol–water partition coefficient (Wildman–Crippen LogP) is 1.66. The maximum absolute atomic E-state index is 13.1. The fourth-order valence-corrected chi connectivity index (χ4v) is 1.47. The maximum Gasteiger partial charge on any atom is 0.200 e. The first-order valence-electron chi connectivity index (χ1n) is 4.46. The van der Waals surface area contributed by atoms with Gasteiger partial charge in [0.2, 0.25) is 5.82 Å². The van der Waals surface area contributed by atoms with Crippen LogP contribution in [0.1, 0.15) is 0 Å². The average Bonchev–Trinajstić information content (AvgIpc) is 2.10. The molecule has 1 aromatic carbocycles. The average molecular weight is 199 g/mol. The Balaban J connectivity index is 2.06. The van der Waals surface area contributed by atoms with Crippen molar-refractivity contribution < 1.29 is 13.5 Å². The van der Waals surface area contributed by atoms with Crippen molar-refractivity contribution in [3.8, 4) is 5.75 Å². The lowest BCUT2D eigenvalue weighted by molar-refractivity contribution is 0.0356. The zero-order valence-corrected chi connectivity index (χ0v) is 7.84. The number of nitrogens with zero attached hydrogens (tertiary/aromatic N) is 1. The van der Waals surface area contributed by atoms with Crippen LogP contribution in [0.2, 0.25) is 0 Å². The van der Waals surface area contributed by atoms with Gasteiger partial charge in [0.1, 0.15) is 6.10 Å². The van der Waals surface area contributed by atoms with E-state index < -0.39 is 11.6 Å². The molecule has 0 aliphatic carbocycles. The first kappa shape index (κ1) is 9.40. The third kappa shape index (κ3) is 1.70. The van der Waals surface area contributed by atoms with Gasteiger partial charge in [-0.05, 0) is 19.2 Å². The lowest BCUT2D eigenvalue weighted by Crippen LogP contribution is -2.51. The minimum atomic E-state index is -0.901. The van der Waals surface area contributed by atoms with Crippen LogP contribution in [0.4, 0.5) is 8.78 Å². The molecule has 2 rings (SSSR count). The lowest BCUT2D eigenvalue weighted by Gasteiger charge is -2.35. The first-order valence-corrected chi connectivity index (χ1v) is 4.46. The molecule has 1 aromatic rings. The molecule has 14 heavy (non-hydrogen) atoms. The Hall–Kier alpha value is -1.16. The highest BCUT2D eigenvalue weighted by molar-refractivity contribution is 5.25. The van der Waals surface area contributed by atoms with Gasteiger partial charge in [-0.3, -0.25) is 4.90 Å². The van der Waals surface area contributed by atoms with Crippen molar-refractivity contribution in [3.63, 3.8) is 0 Å². The van der Waals surface area contributed by atoms with Crippen LogP contribution in [0.3, 0.4) is 0 Å². The van der Waals surface area contributed by atoms with E-state index in [4.69, 9.17) is 4.74 Å². The molecule has 0 amide bonds. The quantitative estimate of drug-likeness (QED) is 0.718. The van der Waals surface area contributed by atoms with E-state index in [9.17, 15) is 8.78 Å². The van der Waals surface area contributed by atoms with E-state index in [1.807, 2.05) is 11.9 Å². The van der Waals surface area contributed by atoms with E-state index in [-0.39, 0.29) is 11.9 Å². The highest BCUT2D eigenvalue weighted by Crippen LogP contribution is 2.22. The zero-order valence-electron chi connectivity index (χ0n) is 7.84. The molecule has 0 aromatic heterocycles. The molecule has 0 atom stereocenters. The Morgan fingerprint density at radius 3 is 2.71 bits per heavy atom. The lowest BCUT2D eigenvalue weighted by atomic mass is 10.2. The molecular formula is C10H11F2NO. The fraction of sp³-hybridized carbons (Fsp3) is 0.400. The van der Waals surface area contributed by atoms with Crippen LogP contribution in [0.15, 0.2) is 18.2 Å². The summed E-state index contributed by atoms with van der Waals surface area (Å²) in [4.78, 5) is 2.04. The molecule has 76 valence electrons. The Kier molecular flexibility index (Phi) is 2.37. The van der Waals surface area contributed by atoms with Gasteiger partial charge in [0, 0.05) is 13.1 Å². The summed E-state index contributed by atoms with van der Waals surface area (Å²) in [6.07, 6.45) is -0.0173. The van der Waals surface area contributed by atoms with E-state index in [0.29, 0.717) is 0 Å². The van der Waals surface area contributed by atoms with Gasteiger partial charge in [0.15, 0.2) is 11.6 Å². The summed E-state index contributed by atoms with van der Waals surface area (Å²) in [7, 11) is 1.95. The van der Waals surface area contributed by atoms with Gasteiger partial charge >= 0.3 is 0 Å². The van der Waals surface area contributed by atoms with Gasteiger partial charge in [0.25, 0.3) is 0 Å². The van der Waals surface area contributed by atoms with E-state index in [1.165, 1.54) is 12.1 Å². The molecule has 1 saturated heterocycles. The summed E-state index contributed by atoms with van der Waals surface area (Å²) in [5, 5.41) is 0. The van der Waals surface area contributed by atoms with Gasteiger partial charge in [-0.2, -0.15) is 4.39 Å². The van der Waals surface area contributed by atoms with Crippen LogP contribution >= 0.6 is 0 Å². The second-order valence-corrected chi connectivity index (χ2v) is 3.51. The number of hydrogen-bond acceptors (Lipinski definition) is 2. The highest BCUT2D eigenvalue weighted by Gasteiger charge is 2.26. The van der Waals surface area contributed by atoms with Gasteiger partial charge < -0.3 is 4.74 Å². The van der Waals surface area contributed by atoms with Crippen LogP contribution in [-0.2, 0) is 0 Å². The van der Waals surface area contributed by atoms with E-state index in [1.54, 1.807) is 0 Å². The fourth-order valence-electron chi connectivity index (χ4n) is 1.47. The van der Waals surface area contributed by atoms with Gasteiger partial charge in [-0.15, -0.1) is 0 Å². The van der Waals surface area contributed by atoms with Crippen molar-refractivity contribution in [3.05, 3.63) is 29.8 Å².